The zero-order valence-corrected chi connectivity index (χ0v) is 16.5. The summed E-state index contributed by atoms with van der Waals surface area (Å²) in [7, 11) is 3.72. The molecule has 23 heavy (non-hydrogen) atoms. The van der Waals surface area contributed by atoms with E-state index in [9.17, 15) is 0 Å². The first-order chi connectivity index (χ1) is 10.6. The molecule has 0 aliphatic carbocycles. The van der Waals surface area contributed by atoms with Gasteiger partial charge in [-0.05, 0) is 18.6 Å². The zero-order chi connectivity index (χ0) is 15.9. The molecule has 2 aromatic rings. The zero-order valence-electron chi connectivity index (χ0n) is 13.4. The molecule has 0 saturated carbocycles. The highest BCUT2D eigenvalue weighted by Crippen LogP contribution is 2.16. The van der Waals surface area contributed by atoms with Crippen LogP contribution >= 0.6 is 35.6 Å². The van der Waals surface area contributed by atoms with Crippen LogP contribution < -0.4 is 5.32 Å². The van der Waals surface area contributed by atoms with Crippen LogP contribution in [0.3, 0.4) is 0 Å². The van der Waals surface area contributed by atoms with E-state index in [4.69, 9.17) is 16.1 Å². The molecule has 0 bridgehead atoms. The van der Waals surface area contributed by atoms with Gasteiger partial charge in [0.1, 0.15) is 0 Å². The molecule has 126 valence electrons. The number of aliphatic imine (C=N–C) groups is 1. The van der Waals surface area contributed by atoms with Crippen molar-refractivity contribution in [1.82, 2.24) is 20.4 Å². The van der Waals surface area contributed by atoms with Crippen molar-refractivity contribution in [2.45, 2.75) is 19.9 Å². The first-order valence-electron chi connectivity index (χ1n) is 7.04. The highest BCUT2D eigenvalue weighted by molar-refractivity contribution is 14.0. The standard InChI is InChI=1S/C15H20ClN5O.HI/c1-11-19-14(22-20-11)8-9-18-15(17-2)21(3)10-12-6-4-5-7-13(12)16;/h4-7H,8-10H2,1-3H3,(H,17,18);1H. The van der Waals surface area contributed by atoms with Crippen LogP contribution in [-0.4, -0.2) is 41.6 Å². The highest BCUT2D eigenvalue weighted by Gasteiger charge is 2.09. The number of nitrogens with one attached hydrogen (secondary N) is 1. The predicted octanol–water partition coefficient (Wildman–Crippen LogP) is 2.90. The van der Waals surface area contributed by atoms with Crippen molar-refractivity contribution in [3.8, 4) is 0 Å². The summed E-state index contributed by atoms with van der Waals surface area (Å²) >= 11 is 6.19. The van der Waals surface area contributed by atoms with E-state index < -0.39 is 0 Å². The normalized spacial score (nSPS) is 11.0. The van der Waals surface area contributed by atoms with E-state index in [-0.39, 0.29) is 24.0 Å². The van der Waals surface area contributed by atoms with Crippen LogP contribution in [0.25, 0.3) is 0 Å². The monoisotopic (exact) mass is 449 g/mol. The molecule has 0 saturated heterocycles. The first-order valence-corrected chi connectivity index (χ1v) is 7.42. The van der Waals surface area contributed by atoms with Gasteiger partial charge < -0.3 is 14.7 Å². The second kappa shape index (κ2) is 9.71. The molecule has 6 nitrogen and oxygen atoms in total. The van der Waals surface area contributed by atoms with Gasteiger partial charge in [-0.15, -0.1) is 24.0 Å². The Morgan fingerprint density at radius 1 is 1.39 bits per heavy atom. The average Bonchev–Trinajstić information content (AvgIpc) is 2.91. The van der Waals surface area contributed by atoms with Crippen LogP contribution in [0.5, 0.6) is 0 Å². The van der Waals surface area contributed by atoms with E-state index in [2.05, 4.69) is 20.4 Å². The number of guanidine groups is 1. The molecule has 0 unspecified atom stereocenters. The molecule has 1 N–H and O–H groups in total. The number of benzene rings is 1. The minimum Gasteiger partial charge on any atom is -0.356 e. The lowest BCUT2D eigenvalue weighted by molar-refractivity contribution is 0.373. The molecule has 1 aromatic heterocycles. The Balaban J connectivity index is 0.00000264. The number of aromatic nitrogens is 2. The third-order valence-corrected chi connectivity index (χ3v) is 3.50. The molecule has 0 amide bonds. The lowest BCUT2D eigenvalue weighted by atomic mass is 10.2. The van der Waals surface area contributed by atoms with Crippen molar-refractivity contribution in [3.63, 3.8) is 0 Å². The molecule has 8 heteroatoms. The lowest BCUT2D eigenvalue weighted by Crippen LogP contribution is -2.39. The Kier molecular flexibility index (Phi) is 8.32. The Bertz CT molecular complexity index is 646. The van der Waals surface area contributed by atoms with Gasteiger partial charge in [0.15, 0.2) is 11.8 Å². The van der Waals surface area contributed by atoms with Crippen LogP contribution in [0.15, 0.2) is 33.8 Å². The van der Waals surface area contributed by atoms with Crippen LogP contribution in [0.4, 0.5) is 0 Å². The number of aryl methyl sites for hydroxylation is 1. The maximum Gasteiger partial charge on any atom is 0.228 e. The summed E-state index contributed by atoms with van der Waals surface area (Å²) in [5.74, 6) is 2.06. The average molecular weight is 450 g/mol. The first kappa shape index (κ1) is 19.7. The van der Waals surface area contributed by atoms with Crippen molar-refractivity contribution in [1.29, 1.82) is 0 Å². The van der Waals surface area contributed by atoms with Crippen LogP contribution in [0, 0.1) is 6.92 Å². The van der Waals surface area contributed by atoms with E-state index in [1.807, 2.05) is 36.2 Å². The van der Waals surface area contributed by atoms with Gasteiger partial charge >= 0.3 is 0 Å². The van der Waals surface area contributed by atoms with E-state index >= 15 is 0 Å². The highest BCUT2D eigenvalue weighted by atomic mass is 127. The number of rotatable bonds is 5. The Hall–Kier alpha value is -1.35. The number of hydrogen-bond acceptors (Lipinski definition) is 4. The molecule has 1 aromatic carbocycles. The summed E-state index contributed by atoms with van der Waals surface area (Å²) in [5.41, 5.74) is 1.06. The SMILES string of the molecule is CN=C(NCCc1nc(C)no1)N(C)Cc1ccccc1Cl.I. The number of halogens is 2. The van der Waals surface area contributed by atoms with Crippen molar-refractivity contribution < 1.29 is 4.52 Å². The smallest absolute Gasteiger partial charge is 0.228 e. The number of hydrogen-bond donors (Lipinski definition) is 1. The third-order valence-electron chi connectivity index (χ3n) is 3.13. The fourth-order valence-corrected chi connectivity index (χ4v) is 2.26. The van der Waals surface area contributed by atoms with Crippen LogP contribution in [-0.2, 0) is 13.0 Å². The van der Waals surface area contributed by atoms with Gasteiger partial charge in [-0.3, -0.25) is 4.99 Å². The summed E-state index contributed by atoms with van der Waals surface area (Å²) in [6.07, 6.45) is 0.653. The third kappa shape index (κ3) is 5.98. The van der Waals surface area contributed by atoms with Gasteiger partial charge in [0.2, 0.25) is 5.89 Å². The molecule has 0 spiro atoms. The van der Waals surface area contributed by atoms with Gasteiger partial charge in [-0.2, -0.15) is 4.98 Å². The molecular weight excluding hydrogens is 429 g/mol. The summed E-state index contributed by atoms with van der Waals surface area (Å²) < 4.78 is 5.08. The maximum atomic E-state index is 6.19. The second-order valence-electron chi connectivity index (χ2n) is 4.91. The predicted molar refractivity (Wildman–Crippen MR) is 102 cm³/mol. The van der Waals surface area contributed by atoms with Gasteiger partial charge in [0.05, 0.1) is 0 Å². The largest absolute Gasteiger partial charge is 0.356 e. The van der Waals surface area contributed by atoms with Gasteiger partial charge in [0.25, 0.3) is 0 Å². The summed E-state index contributed by atoms with van der Waals surface area (Å²) in [6, 6.07) is 7.79. The van der Waals surface area contributed by atoms with E-state index in [1.54, 1.807) is 14.0 Å². The van der Waals surface area contributed by atoms with E-state index in [0.717, 1.165) is 16.5 Å². The van der Waals surface area contributed by atoms with Crippen molar-refractivity contribution in [2.24, 2.45) is 4.99 Å². The summed E-state index contributed by atoms with van der Waals surface area (Å²) in [5, 5.41) is 7.79. The Morgan fingerprint density at radius 2 is 2.13 bits per heavy atom. The second-order valence-corrected chi connectivity index (χ2v) is 5.31. The van der Waals surface area contributed by atoms with Crippen molar-refractivity contribution in [2.75, 3.05) is 20.6 Å². The van der Waals surface area contributed by atoms with Crippen molar-refractivity contribution >= 4 is 41.5 Å². The minimum atomic E-state index is 0. The van der Waals surface area contributed by atoms with Gasteiger partial charge in [-0.25, -0.2) is 0 Å². The number of nitrogens with zero attached hydrogens (tertiary/aromatic N) is 4. The molecule has 1 heterocycles. The topological polar surface area (TPSA) is 66.5 Å². The molecule has 0 atom stereocenters. The minimum absolute atomic E-state index is 0. The Morgan fingerprint density at radius 3 is 2.74 bits per heavy atom. The molecule has 0 radical (unpaired) electrons. The fourth-order valence-electron chi connectivity index (χ4n) is 2.06. The lowest BCUT2D eigenvalue weighted by Gasteiger charge is -2.22. The van der Waals surface area contributed by atoms with E-state index in [0.29, 0.717) is 31.2 Å². The van der Waals surface area contributed by atoms with Crippen LogP contribution in [0.2, 0.25) is 5.02 Å². The van der Waals surface area contributed by atoms with Gasteiger partial charge in [-0.1, -0.05) is 35.0 Å². The summed E-state index contributed by atoms with van der Waals surface area (Å²) in [4.78, 5) is 10.5. The fraction of sp³-hybridized carbons (Fsp3) is 0.400. The van der Waals surface area contributed by atoms with Crippen LogP contribution in [0.1, 0.15) is 17.3 Å². The molecule has 0 aliphatic rings. The summed E-state index contributed by atoms with van der Waals surface area (Å²) in [6.45, 7) is 3.15. The Labute approximate surface area is 158 Å². The quantitative estimate of drug-likeness (QED) is 0.432. The van der Waals surface area contributed by atoms with Gasteiger partial charge in [0, 0.05) is 38.6 Å². The van der Waals surface area contributed by atoms with Crippen molar-refractivity contribution in [3.05, 3.63) is 46.6 Å². The van der Waals surface area contributed by atoms with E-state index in [1.165, 1.54) is 0 Å². The molecule has 0 aliphatic heterocycles. The molecule has 2 rings (SSSR count). The maximum absolute atomic E-state index is 6.19. The molecule has 0 fully saturated rings. The molecular formula is C15H21ClIN5O.